The first kappa shape index (κ1) is 13.9. The van der Waals surface area contributed by atoms with Crippen molar-refractivity contribution in [1.29, 1.82) is 0 Å². The maximum Gasteiger partial charge on any atom is 0.0603 e. The van der Waals surface area contributed by atoms with E-state index in [1.807, 2.05) is 49.5 Å². The van der Waals surface area contributed by atoms with Crippen LogP contribution < -0.4 is 5.32 Å². The fourth-order valence-electron chi connectivity index (χ4n) is 1.92. The fraction of sp³-hybridized carbons (Fsp3) is 0.143. The Morgan fingerprint density at radius 3 is 2.06 bits per heavy atom. The molecule has 1 N–H and O–H groups in total. The van der Waals surface area contributed by atoms with Gasteiger partial charge in [-0.15, -0.1) is 0 Å². The van der Waals surface area contributed by atoms with Crippen molar-refractivity contribution in [2.75, 3.05) is 7.05 Å². The minimum Gasteiger partial charge on any atom is -0.309 e. The van der Waals surface area contributed by atoms with Crippen molar-refractivity contribution in [3.63, 3.8) is 0 Å². The Kier molecular flexibility index (Phi) is 4.68. The zero-order valence-corrected chi connectivity index (χ0v) is 12.9. The second-order valence-electron chi connectivity index (χ2n) is 3.91. The summed E-state index contributed by atoms with van der Waals surface area (Å²) in [6, 6.07) is 13.6. The van der Waals surface area contributed by atoms with Crippen LogP contribution in [0.4, 0.5) is 0 Å². The molecule has 2 rings (SSSR count). The van der Waals surface area contributed by atoms with Gasteiger partial charge in [-0.1, -0.05) is 57.3 Å². The van der Waals surface area contributed by atoms with Crippen LogP contribution in [0.1, 0.15) is 17.2 Å². The van der Waals surface area contributed by atoms with Crippen molar-refractivity contribution in [2.24, 2.45) is 0 Å². The lowest BCUT2D eigenvalue weighted by molar-refractivity contribution is 0.692. The van der Waals surface area contributed by atoms with Crippen LogP contribution >= 0.6 is 39.1 Å². The average Bonchev–Trinajstić information content (AvgIpc) is 2.35. The van der Waals surface area contributed by atoms with Gasteiger partial charge < -0.3 is 5.32 Å². The molecule has 0 spiro atoms. The van der Waals surface area contributed by atoms with E-state index in [4.69, 9.17) is 23.2 Å². The Hall–Kier alpha value is -0.540. The molecule has 2 aromatic carbocycles. The third-order valence-corrected chi connectivity index (χ3v) is 3.97. The van der Waals surface area contributed by atoms with Crippen molar-refractivity contribution in [2.45, 2.75) is 6.04 Å². The highest BCUT2D eigenvalue weighted by molar-refractivity contribution is 9.10. The highest BCUT2D eigenvalue weighted by Crippen LogP contribution is 2.34. The Balaban J connectivity index is 2.48. The lowest BCUT2D eigenvalue weighted by Gasteiger charge is -2.20. The number of hydrogen-bond acceptors (Lipinski definition) is 1. The van der Waals surface area contributed by atoms with Crippen molar-refractivity contribution in [1.82, 2.24) is 5.32 Å². The maximum atomic E-state index is 6.25. The second-order valence-corrected chi connectivity index (χ2v) is 5.64. The van der Waals surface area contributed by atoms with Crippen LogP contribution in [-0.2, 0) is 0 Å². The normalized spacial score (nSPS) is 12.4. The molecule has 18 heavy (non-hydrogen) atoms. The summed E-state index contributed by atoms with van der Waals surface area (Å²) >= 11 is 15.9. The third-order valence-electron chi connectivity index (χ3n) is 2.78. The zero-order valence-electron chi connectivity index (χ0n) is 9.75. The molecule has 0 fully saturated rings. The number of nitrogens with one attached hydrogen (secondary N) is 1. The molecule has 2 aromatic rings. The van der Waals surface area contributed by atoms with E-state index in [1.54, 1.807) is 0 Å². The first-order valence-electron chi connectivity index (χ1n) is 5.50. The molecule has 0 aliphatic carbocycles. The van der Waals surface area contributed by atoms with Crippen LogP contribution in [0.3, 0.4) is 0 Å². The SMILES string of the molecule is CNC(c1ccc(Br)cc1)c1c(Cl)cccc1Cl. The smallest absolute Gasteiger partial charge is 0.0603 e. The van der Waals surface area contributed by atoms with E-state index in [1.165, 1.54) is 0 Å². The maximum absolute atomic E-state index is 6.25. The molecule has 0 radical (unpaired) electrons. The molecule has 0 saturated heterocycles. The molecule has 1 nitrogen and oxygen atoms in total. The van der Waals surface area contributed by atoms with E-state index in [0.29, 0.717) is 10.0 Å². The molecule has 0 heterocycles. The van der Waals surface area contributed by atoms with E-state index in [2.05, 4.69) is 21.2 Å². The fourth-order valence-corrected chi connectivity index (χ4v) is 2.80. The molecule has 0 bridgehead atoms. The quantitative estimate of drug-likeness (QED) is 0.820. The first-order valence-corrected chi connectivity index (χ1v) is 7.05. The van der Waals surface area contributed by atoms with Crippen LogP contribution in [0.25, 0.3) is 0 Å². The van der Waals surface area contributed by atoms with Gasteiger partial charge in [0.25, 0.3) is 0 Å². The van der Waals surface area contributed by atoms with Crippen LogP contribution in [0.15, 0.2) is 46.9 Å². The Bertz CT molecular complexity index is 520. The summed E-state index contributed by atoms with van der Waals surface area (Å²) in [7, 11) is 1.90. The molecule has 1 atom stereocenters. The predicted molar refractivity (Wildman–Crippen MR) is 81.5 cm³/mol. The number of benzene rings is 2. The second kappa shape index (κ2) is 6.07. The van der Waals surface area contributed by atoms with Gasteiger partial charge in [0, 0.05) is 20.1 Å². The van der Waals surface area contributed by atoms with Gasteiger partial charge >= 0.3 is 0 Å². The zero-order chi connectivity index (χ0) is 13.1. The van der Waals surface area contributed by atoms with Gasteiger partial charge in [0.2, 0.25) is 0 Å². The summed E-state index contributed by atoms with van der Waals surface area (Å²) in [6.07, 6.45) is 0. The molecule has 94 valence electrons. The van der Waals surface area contributed by atoms with Crippen LogP contribution in [-0.4, -0.2) is 7.05 Å². The molecular formula is C14H12BrCl2N. The van der Waals surface area contributed by atoms with Crippen molar-refractivity contribution in [3.05, 3.63) is 68.1 Å². The van der Waals surface area contributed by atoms with E-state index >= 15 is 0 Å². The van der Waals surface area contributed by atoms with Gasteiger partial charge in [-0.3, -0.25) is 0 Å². The van der Waals surface area contributed by atoms with Gasteiger partial charge in [0.1, 0.15) is 0 Å². The summed E-state index contributed by atoms with van der Waals surface area (Å²) in [5.41, 5.74) is 2.03. The largest absolute Gasteiger partial charge is 0.309 e. The molecular weight excluding hydrogens is 333 g/mol. The monoisotopic (exact) mass is 343 g/mol. The van der Waals surface area contributed by atoms with Crippen molar-refractivity contribution < 1.29 is 0 Å². The topological polar surface area (TPSA) is 12.0 Å². The number of rotatable bonds is 3. The standard InChI is InChI=1S/C14H12BrCl2N/c1-18-14(9-5-7-10(15)8-6-9)13-11(16)3-2-4-12(13)17/h2-8,14,18H,1H3. The van der Waals surface area contributed by atoms with E-state index in [-0.39, 0.29) is 6.04 Å². The highest BCUT2D eigenvalue weighted by Gasteiger charge is 2.18. The van der Waals surface area contributed by atoms with Gasteiger partial charge in [-0.25, -0.2) is 0 Å². The summed E-state index contributed by atoms with van der Waals surface area (Å²) in [5.74, 6) is 0. The lowest BCUT2D eigenvalue weighted by atomic mass is 9.99. The van der Waals surface area contributed by atoms with Crippen LogP contribution in [0.5, 0.6) is 0 Å². The van der Waals surface area contributed by atoms with E-state index in [9.17, 15) is 0 Å². The lowest BCUT2D eigenvalue weighted by Crippen LogP contribution is -2.18. The van der Waals surface area contributed by atoms with Crippen LogP contribution in [0, 0.1) is 0 Å². The van der Waals surface area contributed by atoms with E-state index in [0.717, 1.165) is 15.6 Å². The molecule has 1 unspecified atom stereocenters. The van der Waals surface area contributed by atoms with Crippen molar-refractivity contribution >= 4 is 39.1 Å². The Morgan fingerprint density at radius 2 is 1.56 bits per heavy atom. The number of halogens is 3. The van der Waals surface area contributed by atoms with Gasteiger partial charge in [0.15, 0.2) is 0 Å². The predicted octanol–water partition coefficient (Wildman–Crippen LogP) is 5.06. The molecule has 0 saturated carbocycles. The minimum absolute atomic E-state index is 0.0145. The molecule has 0 aliphatic heterocycles. The molecule has 0 amide bonds. The third kappa shape index (κ3) is 2.89. The minimum atomic E-state index is -0.0145. The molecule has 0 aliphatic rings. The summed E-state index contributed by atoms with van der Waals surface area (Å²) < 4.78 is 1.05. The Labute approximate surface area is 125 Å². The Morgan fingerprint density at radius 1 is 1.00 bits per heavy atom. The van der Waals surface area contributed by atoms with E-state index < -0.39 is 0 Å². The molecule has 0 aromatic heterocycles. The summed E-state index contributed by atoms with van der Waals surface area (Å²) in [6.45, 7) is 0. The molecule has 4 heteroatoms. The van der Waals surface area contributed by atoms with Gasteiger partial charge in [-0.05, 0) is 36.9 Å². The summed E-state index contributed by atoms with van der Waals surface area (Å²) in [4.78, 5) is 0. The summed E-state index contributed by atoms with van der Waals surface area (Å²) in [5, 5.41) is 4.59. The first-order chi connectivity index (χ1) is 8.63. The number of hydrogen-bond donors (Lipinski definition) is 1. The van der Waals surface area contributed by atoms with Crippen molar-refractivity contribution in [3.8, 4) is 0 Å². The van der Waals surface area contributed by atoms with Crippen LogP contribution in [0.2, 0.25) is 10.0 Å². The highest BCUT2D eigenvalue weighted by atomic mass is 79.9. The average molecular weight is 345 g/mol. The van der Waals surface area contributed by atoms with Gasteiger partial charge in [-0.2, -0.15) is 0 Å². The van der Waals surface area contributed by atoms with Gasteiger partial charge in [0.05, 0.1) is 6.04 Å².